The van der Waals surface area contributed by atoms with Crippen molar-refractivity contribution in [3.05, 3.63) is 5.14 Å². The van der Waals surface area contributed by atoms with E-state index < -0.39 is 10.0 Å². The van der Waals surface area contributed by atoms with E-state index >= 15 is 0 Å². The number of unbranched alkanes of at least 4 members (excludes halogenated alkanes) is 1. The summed E-state index contributed by atoms with van der Waals surface area (Å²) in [7, 11) is -3.44. The molecule has 0 spiro atoms. The molecule has 0 saturated heterocycles. The monoisotopic (exact) mass is 175 g/mol. The van der Waals surface area contributed by atoms with Gasteiger partial charge >= 0.3 is 51.4 Å². The van der Waals surface area contributed by atoms with Crippen LogP contribution in [0.4, 0.5) is 0 Å². The second-order valence-electron chi connectivity index (χ2n) is 1.67. The molecule has 0 aliphatic carbocycles. The Morgan fingerprint density at radius 2 is 1.89 bits per heavy atom. The summed E-state index contributed by atoms with van der Waals surface area (Å²) in [6.07, 6.45) is 1.43. The first-order chi connectivity index (χ1) is 3.56. The number of hydrogen-bond acceptors (Lipinski definition) is 2. The summed E-state index contributed by atoms with van der Waals surface area (Å²) in [4.78, 5) is 0. The summed E-state index contributed by atoms with van der Waals surface area (Å²) in [6, 6.07) is 0. The van der Waals surface area contributed by atoms with Crippen LogP contribution in [0.1, 0.15) is 19.8 Å². The Morgan fingerprint density at radius 1 is 1.44 bits per heavy atom. The zero-order valence-corrected chi connectivity index (χ0v) is 9.79. The van der Waals surface area contributed by atoms with Crippen LogP contribution in [-0.2, 0) is 10.0 Å². The van der Waals surface area contributed by atoms with E-state index in [1.807, 2.05) is 6.92 Å². The van der Waals surface area contributed by atoms with Crippen LogP contribution in [0.25, 0.3) is 5.14 Å². The molecule has 0 amide bonds. The van der Waals surface area contributed by atoms with E-state index in [1.165, 1.54) is 0 Å². The largest absolute Gasteiger partial charge is 1.00 e. The fraction of sp³-hybridized carbons (Fsp3) is 1.00. The number of rotatable bonds is 3. The Balaban J connectivity index is 0. The van der Waals surface area contributed by atoms with Crippen molar-refractivity contribution in [3.8, 4) is 0 Å². The van der Waals surface area contributed by atoms with Crippen molar-refractivity contribution in [2.75, 3.05) is 5.75 Å². The average Bonchev–Trinajstić information content (AvgIpc) is 1.59. The van der Waals surface area contributed by atoms with E-state index in [0.717, 1.165) is 6.42 Å². The third-order valence-corrected chi connectivity index (χ3v) is 1.59. The fourth-order valence-electron chi connectivity index (χ4n) is 0.334. The molecule has 0 unspecified atom stereocenters. The van der Waals surface area contributed by atoms with Gasteiger partial charge in [0.1, 0.15) is 0 Å². The summed E-state index contributed by atoms with van der Waals surface area (Å²) in [5.41, 5.74) is 0. The van der Waals surface area contributed by atoms with E-state index in [4.69, 9.17) is 5.14 Å². The van der Waals surface area contributed by atoms with Crippen LogP contribution < -0.4 is 51.4 Å². The molecule has 0 aromatic rings. The van der Waals surface area contributed by atoms with E-state index in [-0.39, 0.29) is 57.1 Å². The second kappa shape index (κ2) is 6.27. The molecule has 1 N–H and O–H groups in total. The van der Waals surface area contributed by atoms with Crippen LogP contribution in [0.5, 0.6) is 0 Å². The van der Waals surface area contributed by atoms with Gasteiger partial charge < -0.3 is 5.14 Å². The molecule has 3 nitrogen and oxygen atoms in total. The topological polar surface area (TPSA) is 57.9 Å². The molecule has 0 radical (unpaired) electrons. The Hall–Kier alpha value is 1.55. The summed E-state index contributed by atoms with van der Waals surface area (Å²) in [6.45, 7) is 1.89. The maximum atomic E-state index is 10.1. The van der Waals surface area contributed by atoms with Gasteiger partial charge in [0, 0.05) is 5.75 Å². The smallest absolute Gasteiger partial charge is 0.564 e. The molecule has 0 saturated carbocycles. The summed E-state index contributed by atoms with van der Waals surface area (Å²) >= 11 is 0. The third-order valence-electron chi connectivity index (χ3n) is 0.767. The van der Waals surface area contributed by atoms with Crippen LogP contribution in [0, 0.1) is 0 Å². The van der Waals surface area contributed by atoms with E-state index in [9.17, 15) is 8.42 Å². The minimum Gasteiger partial charge on any atom is -0.564 e. The van der Waals surface area contributed by atoms with Gasteiger partial charge in [0.2, 0.25) is 0 Å². The molecule has 0 heterocycles. The van der Waals surface area contributed by atoms with Gasteiger partial charge in [-0.1, -0.05) is 13.3 Å². The number of hydrogen-bond donors (Lipinski definition) is 0. The molecule has 0 fully saturated rings. The quantitative estimate of drug-likeness (QED) is 0.474. The zero-order valence-electron chi connectivity index (χ0n) is 5.85. The molecule has 0 aromatic heterocycles. The maximum absolute atomic E-state index is 10.1. The molecule has 0 rings (SSSR count). The second-order valence-corrected chi connectivity index (χ2v) is 3.31. The van der Waals surface area contributed by atoms with Crippen LogP contribution in [0.2, 0.25) is 0 Å². The normalized spacial score (nSPS) is 10.4. The van der Waals surface area contributed by atoms with E-state index in [2.05, 4.69) is 0 Å². The van der Waals surface area contributed by atoms with E-state index in [0.29, 0.717) is 6.42 Å². The minimum absolute atomic E-state index is 0. The van der Waals surface area contributed by atoms with Gasteiger partial charge in [-0.05, 0) is 6.42 Å². The van der Waals surface area contributed by atoms with Gasteiger partial charge in [0.25, 0.3) is 0 Å². The van der Waals surface area contributed by atoms with Gasteiger partial charge in [-0.3, -0.25) is 0 Å². The van der Waals surface area contributed by atoms with Crippen molar-refractivity contribution in [3.63, 3.8) is 0 Å². The molecule has 9 heavy (non-hydrogen) atoms. The predicted molar refractivity (Wildman–Crippen MR) is 33.0 cm³/mol. The molecular weight excluding hydrogens is 165 g/mol. The summed E-state index contributed by atoms with van der Waals surface area (Å²) < 4.78 is 20.1. The van der Waals surface area contributed by atoms with Gasteiger partial charge in [0.05, 0.1) is 10.0 Å². The van der Waals surface area contributed by atoms with Crippen LogP contribution in [0.15, 0.2) is 0 Å². The van der Waals surface area contributed by atoms with Gasteiger partial charge in [-0.2, -0.15) is 0 Å². The van der Waals surface area contributed by atoms with Crippen molar-refractivity contribution in [2.45, 2.75) is 19.8 Å². The molecule has 0 bridgehead atoms. The summed E-state index contributed by atoms with van der Waals surface area (Å²) in [5, 5.41) is 6.41. The SMILES string of the molecule is CCCCS([NH-])(=O)=O.[K+]. The number of sulfonamides is 1. The Morgan fingerprint density at radius 3 is 2.00 bits per heavy atom. The van der Waals surface area contributed by atoms with Gasteiger partial charge in [-0.15, -0.1) is 0 Å². The molecule has 0 aliphatic heterocycles. The standard InChI is InChI=1S/C4H10NO2S.K/c1-2-3-4-8(5,6)7;/h2-4H2,1H3,(H-,5,6,7);/q-1;+1. The molecular formula is C4H10KNO2S. The van der Waals surface area contributed by atoms with Crippen molar-refractivity contribution in [2.24, 2.45) is 0 Å². The van der Waals surface area contributed by atoms with Crippen molar-refractivity contribution in [1.82, 2.24) is 0 Å². The van der Waals surface area contributed by atoms with E-state index in [1.54, 1.807) is 0 Å². The molecule has 50 valence electrons. The molecule has 0 aliphatic rings. The first-order valence-electron chi connectivity index (χ1n) is 2.53. The zero-order chi connectivity index (χ0) is 6.62. The van der Waals surface area contributed by atoms with Gasteiger partial charge in [0.15, 0.2) is 0 Å². The van der Waals surface area contributed by atoms with Crippen LogP contribution >= 0.6 is 0 Å². The van der Waals surface area contributed by atoms with Crippen molar-refractivity contribution in [1.29, 1.82) is 0 Å². The molecule has 5 heteroatoms. The number of nitrogens with one attached hydrogen (secondary N) is 1. The van der Waals surface area contributed by atoms with Crippen molar-refractivity contribution >= 4 is 10.0 Å². The van der Waals surface area contributed by atoms with Crippen LogP contribution in [0.3, 0.4) is 0 Å². The Labute approximate surface area is 98.9 Å². The van der Waals surface area contributed by atoms with Crippen LogP contribution in [-0.4, -0.2) is 14.2 Å². The average molecular weight is 175 g/mol. The summed E-state index contributed by atoms with van der Waals surface area (Å²) in [5.74, 6) is 0.00347. The predicted octanol–water partition coefficient (Wildman–Crippen LogP) is -1.83. The van der Waals surface area contributed by atoms with Crippen molar-refractivity contribution < 1.29 is 59.8 Å². The third kappa shape index (κ3) is 12.7. The maximum Gasteiger partial charge on any atom is 1.00 e. The fourth-order valence-corrected chi connectivity index (χ4v) is 1.00. The Kier molecular flexibility index (Phi) is 9.17. The Bertz CT molecular complexity index is 143. The molecule has 0 aromatic carbocycles. The van der Waals surface area contributed by atoms with Gasteiger partial charge in [-0.25, -0.2) is 8.42 Å². The molecule has 0 atom stereocenters. The first-order valence-corrected chi connectivity index (χ1v) is 4.19. The minimum atomic E-state index is -3.44. The first kappa shape index (κ1) is 13.2.